The average Bonchev–Trinajstić information content (AvgIpc) is 3.16. The maximum atomic E-state index is 5.44. The topological polar surface area (TPSA) is 90.1 Å². The summed E-state index contributed by atoms with van der Waals surface area (Å²) in [6.07, 6.45) is 1.64. The summed E-state index contributed by atoms with van der Waals surface area (Å²) in [5.74, 6) is 3.42. The summed E-state index contributed by atoms with van der Waals surface area (Å²) in [6, 6.07) is 3.80. The largest absolute Gasteiger partial charge is 0.493 e. The Balaban J connectivity index is 0.00000450. The number of aryl methyl sites for hydroxylation is 2. The summed E-state index contributed by atoms with van der Waals surface area (Å²) in [7, 11) is 4.79. The number of ether oxygens (including phenoxy) is 3. The van der Waals surface area contributed by atoms with E-state index < -0.39 is 0 Å². The summed E-state index contributed by atoms with van der Waals surface area (Å²) >= 11 is 0. The summed E-state index contributed by atoms with van der Waals surface area (Å²) in [5, 5.41) is 10.8. The van der Waals surface area contributed by atoms with Crippen LogP contribution >= 0.6 is 24.0 Å². The second-order valence-electron chi connectivity index (χ2n) is 6.32. The Bertz CT molecular complexity index is 777. The molecule has 0 aliphatic rings. The van der Waals surface area contributed by atoms with Crippen molar-refractivity contribution in [1.29, 1.82) is 0 Å². The van der Waals surface area contributed by atoms with E-state index in [0.717, 1.165) is 42.0 Å². The molecule has 0 unspecified atom stereocenters. The van der Waals surface area contributed by atoms with E-state index in [9.17, 15) is 0 Å². The van der Waals surface area contributed by atoms with E-state index in [4.69, 9.17) is 23.7 Å². The Kier molecular flexibility index (Phi) is 11.4. The quantitative estimate of drug-likeness (QED) is 0.274. The van der Waals surface area contributed by atoms with Gasteiger partial charge in [0.2, 0.25) is 5.75 Å². The molecule has 0 atom stereocenters. The highest BCUT2D eigenvalue weighted by Gasteiger charge is 2.15. The van der Waals surface area contributed by atoms with E-state index in [1.807, 2.05) is 19.1 Å². The first kappa shape index (κ1) is 25.9. The molecule has 1 aromatic carbocycles. The van der Waals surface area contributed by atoms with Crippen LogP contribution in [-0.2, 0) is 25.9 Å². The molecule has 0 aliphatic heterocycles. The van der Waals surface area contributed by atoms with Crippen LogP contribution in [0.2, 0.25) is 0 Å². The van der Waals surface area contributed by atoms with Crippen molar-refractivity contribution in [2.75, 3.05) is 27.9 Å². The highest BCUT2D eigenvalue weighted by molar-refractivity contribution is 14.0. The molecule has 30 heavy (non-hydrogen) atoms. The van der Waals surface area contributed by atoms with Gasteiger partial charge in [-0.2, -0.15) is 0 Å². The molecule has 0 saturated carbocycles. The number of methoxy groups -OCH3 is 3. The zero-order chi connectivity index (χ0) is 21.2. The van der Waals surface area contributed by atoms with Crippen molar-refractivity contribution in [1.82, 2.24) is 15.8 Å². The van der Waals surface area contributed by atoms with Crippen LogP contribution in [0, 0.1) is 0 Å². The third-order valence-corrected chi connectivity index (χ3v) is 4.53. The number of halogens is 1. The molecule has 2 N–H and O–H groups in total. The predicted molar refractivity (Wildman–Crippen MR) is 128 cm³/mol. The number of guanidine groups is 1. The van der Waals surface area contributed by atoms with Gasteiger partial charge in [-0.1, -0.05) is 19.0 Å². The van der Waals surface area contributed by atoms with Crippen molar-refractivity contribution < 1.29 is 18.7 Å². The number of benzene rings is 1. The van der Waals surface area contributed by atoms with Crippen LogP contribution in [0.15, 0.2) is 21.6 Å². The SMILES string of the molecule is CCNC(=NCc1cc(OC)c(OC)c(OC)c1)NCc1c(CC)noc1CC.I. The first-order chi connectivity index (χ1) is 14.1. The lowest BCUT2D eigenvalue weighted by Gasteiger charge is -2.14. The number of aliphatic imine (C=N–C) groups is 1. The summed E-state index contributed by atoms with van der Waals surface area (Å²) in [6.45, 7) is 7.99. The fourth-order valence-corrected chi connectivity index (χ4v) is 3.05. The average molecular weight is 532 g/mol. The second kappa shape index (κ2) is 13.2. The molecular formula is C21H33IN4O4. The molecule has 0 amide bonds. The molecule has 168 valence electrons. The number of rotatable bonds is 10. The molecule has 0 aliphatic carbocycles. The Labute approximate surface area is 195 Å². The van der Waals surface area contributed by atoms with Gasteiger partial charge in [0, 0.05) is 25.1 Å². The minimum Gasteiger partial charge on any atom is -0.493 e. The van der Waals surface area contributed by atoms with Crippen LogP contribution in [-0.4, -0.2) is 39.0 Å². The Morgan fingerprint density at radius 3 is 2.17 bits per heavy atom. The molecule has 1 heterocycles. The van der Waals surface area contributed by atoms with Crippen molar-refractivity contribution in [3.05, 3.63) is 34.7 Å². The minimum atomic E-state index is 0. The van der Waals surface area contributed by atoms with Gasteiger partial charge in [-0.15, -0.1) is 24.0 Å². The van der Waals surface area contributed by atoms with Crippen LogP contribution in [0.5, 0.6) is 17.2 Å². The van der Waals surface area contributed by atoms with E-state index in [1.54, 1.807) is 21.3 Å². The monoisotopic (exact) mass is 532 g/mol. The van der Waals surface area contributed by atoms with Gasteiger partial charge in [0.1, 0.15) is 5.76 Å². The molecule has 0 saturated heterocycles. The molecule has 2 rings (SSSR count). The Morgan fingerprint density at radius 2 is 1.67 bits per heavy atom. The van der Waals surface area contributed by atoms with Crippen molar-refractivity contribution >= 4 is 29.9 Å². The predicted octanol–water partition coefficient (Wildman–Crippen LogP) is 3.70. The maximum Gasteiger partial charge on any atom is 0.203 e. The number of nitrogens with one attached hydrogen (secondary N) is 2. The van der Waals surface area contributed by atoms with Crippen LogP contribution in [0.25, 0.3) is 0 Å². The van der Waals surface area contributed by atoms with Gasteiger partial charge in [0.15, 0.2) is 17.5 Å². The zero-order valence-corrected chi connectivity index (χ0v) is 21.0. The van der Waals surface area contributed by atoms with Crippen molar-refractivity contribution in [3.63, 3.8) is 0 Å². The minimum absolute atomic E-state index is 0. The normalized spacial score (nSPS) is 10.9. The zero-order valence-electron chi connectivity index (χ0n) is 18.6. The summed E-state index contributed by atoms with van der Waals surface area (Å²) in [5.41, 5.74) is 3.04. The van der Waals surface area contributed by atoms with Crippen LogP contribution in [0.3, 0.4) is 0 Å². The molecule has 0 radical (unpaired) electrons. The lowest BCUT2D eigenvalue weighted by molar-refractivity contribution is 0.324. The Morgan fingerprint density at radius 1 is 1.00 bits per heavy atom. The van der Waals surface area contributed by atoms with Gasteiger partial charge in [0.05, 0.1) is 33.6 Å². The smallest absolute Gasteiger partial charge is 0.203 e. The van der Waals surface area contributed by atoms with Crippen LogP contribution in [0.1, 0.15) is 43.4 Å². The Hall–Kier alpha value is -2.17. The van der Waals surface area contributed by atoms with Crippen LogP contribution in [0.4, 0.5) is 0 Å². The molecule has 0 bridgehead atoms. The summed E-state index contributed by atoms with van der Waals surface area (Å²) < 4.78 is 21.7. The lowest BCUT2D eigenvalue weighted by atomic mass is 10.1. The van der Waals surface area contributed by atoms with E-state index in [2.05, 4.69) is 29.6 Å². The molecule has 2 aromatic rings. The fraction of sp³-hybridized carbons (Fsp3) is 0.524. The second-order valence-corrected chi connectivity index (χ2v) is 6.32. The van der Waals surface area contributed by atoms with Crippen molar-refractivity contribution in [2.24, 2.45) is 4.99 Å². The molecular weight excluding hydrogens is 499 g/mol. The molecule has 9 heteroatoms. The third kappa shape index (κ3) is 6.41. The molecule has 0 spiro atoms. The molecule has 0 fully saturated rings. The molecule has 8 nitrogen and oxygen atoms in total. The number of aromatic nitrogens is 1. The van der Waals surface area contributed by atoms with E-state index in [-0.39, 0.29) is 24.0 Å². The first-order valence-corrected chi connectivity index (χ1v) is 9.88. The van der Waals surface area contributed by atoms with E-state index in [0.29, 0.717) is 36.3 Å². The van der Waals surface area contributed by atoms with E-state index >= 15 is 0 Å². The highest BCUT2D eigenvalue weighted by Crippen LogP contribution is 2.38. The standard InChI is InChI=1S/C21H32N4O4.HI/c1-7-16-15(17(8-2)29-25-16)13-24-21(22-9-3)23-12-14-10-18(26-4)20(28-6)19(11-14)27-5;/h10-11H,7-9,12-13H2,1-6H3,(H2,22,23,24);1H. The highest BCUT2D eigenvalue weighted by atomic mass is 127. The van der Waals surface area contributed by atoms with Gasteiger partial charge < -0.3 is 29.4 Å². The number of hydrogen-bond donors (Lipinski definition) is 2. The van der Waals surface area contributed by atoms with E-state index in [1.165, 1.54) is 0 Å². The van der Waals surface area contributed by atoms with Crippen molar-refractivity contribution in [3.8, 4) is 17.2 Å². The maximum absolute atomic E-state index is 5.44. The van der Waals surface area contributed by atoms with Gasteiger partial charge in [-0.05, 0) is 31.0 Å². The molecule has 1 aromatic heterocycles. The first-order valence-electron chi connectivity index (χ1n) is 9.88. The summed E-state index contributed by atoms with van der Waals surface area (Å²) in [4.78, 5) is 4.69. The van der Waals surface area contributed by atoms with Crippen molar-refractivity contribution in [2.45, 2.75) is 46.7 Å². The third-order valence-electron chi connectivity index (χ3n) is 4.53. The number of nitrogens with zero attached hydrogens (tertiary/aromatic N) is 2. The fourth-order valence-electron chi connectivity index (χ4n) is 3.05. The van der Waals surface area contributed by atoms with Crippen LogP contribution < -0.4 is 24.8 Å². The van der Waals surface area contributed by atoms with Gasteiger partial charge >= 0.3 is 0 Å². The van der Waals surface area contributed by atoms with Gasteiger partial charge in [0.25, 0.3) is 0 Å². The number of hydrogen-bond acceptors (Lipinski definition) is 6. The van der Waals surface area contributed by atoms with Gasteiger partial charge in [-0.25, -0.2) is 4.99 Å². The lowest BCUT2D eigenvalue weighted by Crippen LogP contribution is -2.37. The van der Waals surface area contributed by atoms with Gasteiger partial charge in [-0.3, -0.25) is 0 Å².